The number of pyridine rings is 1. The minimum atomic E-state index is -0.0519. The lowest BCUT2D eigenvalue weighted by atomic mass is 10.2. The fraction of sp³-hybridized carbons (Fsp3) is 0.190. The zero-order chi connectivity index (χ0) is 18.8. The molecule has 4 aromatic rings. The minimum absolute atomic E-state index is 0.0519. The van der Waals surface area contributed by atoms with E-state index in [2.05, 4.69) is 15.0 Å². The van der Waals surface area contributed by atoms with E-state index in [4.69, 9.17) is 0 Å². The van der Waals surface area contributed by atoms with Crippen LogP contribution in [0, 0.1) is 6.92 Å². The molecule has 136 valence electrons. The van der Waals surface area contributed by atoms with Gasteiger partial charge in [0.2, 0.25) is 0 Å². The lowest BCUT2D eigenvalue weighted by molar-refractivity contribution is 0.315. The number of nitrogens with zero attached hydrogens (tertiary/aromatic N) is 5. The second-order valence-electron chi connectivity index (χ2n) is 6.77. The van der Waals surface area contributed by atoms with Crippen LogP contribution in [0.4, 0.5) is 0 Å². The molecular weight excluding hydrogens is 338 g/mol. The van der Waals surface area contributed by atoms with Crippen LogP contribution in [-0.2, 0) is 13.1 Å². The molecule has 0 aliphatic heterocycles. The number of hydrogen-bond donors (Lipinski definition) is 0. The molecule has 0 bridgehead atoms. The summed E-state index contributed by atoms with van der Waals surface area (Å²) in [5.74, 6) is 0. The smallest absolute Gasteiger partial charge is 0.258 e. The van der Waals surface area contributed by atoms with Crippen LogP contribution in [0.3, 0.4) is 0 Å². The molecule has 27 heavy (non-hydrogen) atoms. The van der Waals surface area contributed by atoms with Gasteiger partial charge in [-0.05, 0) is 37.7 Å². The van der Waals surface area contributed by atoms with Crippen LogP contribution in [0.25, 0.3) is 11.3 Å². The highest BCUT2D eigenvalue weighted by molar-refractivity contribution is 5.46. The first kappa shape index (κ1) is 17.2. The van der Waals surface area contributed by atoms with Crippen molar-refractivity contribution < 1.29 is 0 Å². The number of aromatic nitrogens is 4. The Morgan fingerprint density at radius 1 is 1.07 bits per heavy atom. The Labute approximate surface area is 157 Å². The van der Waals surface area contributed by atoms with E-state index in [1.54, 1.807) is 16.7 Å². The first-order valence-corrected chi connectivity index (χ1v) is 8.85. The Hall–Kier alpha value is -3.25. The Bertz CT molecular complexity index is 1130. The Morgan fingerprint density at radius 3 is 2.70 bits per heavy atom. The van der Waals surface area contributed by atoms with E-state index in [9.17, 15) is 4.79 Å². The molecule has 1 aromatic carbocycles. The van der Waals surface area contributed by atoms with Crippen LogP contribution in [0.1, 0.15) is 16.8 Å². The summed E-state index contributed by atoms with van der Waals surface area (Å²) in [5.41, 5.74) is 4.56. The predicted molar refractivity (Wildman–Crippen MR) is 105 cm³/mol. The van der Waals surface area contributed by atoms with E-state index in [1.807, 2.05) is 73.5 Å². The van der Waals surface area contributed by atoms with Gasteiger partial charge in [0.15, 0.2) is 0 Å². The Morgan fingerprint density at radius 2 is 1.89 bits per heavy atom. The lowest BCUT2D eigenvalue weighted by Gasteiger charge is -2.15. The monoisotopic (exact) mass is 359 g/mol. The number of fused-ring (bicyclic) bond motifs is 1. The van der Waals surface area contributed by atoms with Crippen molar-refractivity contribution in [3.8, 4) is 5.69 Å². The number of rotatable bonds is 5. The number of hydrogen-bond acceptors (Lipinski definition) is 4. The normalized spacial score (nSPS) is 11.4. The van der Waals surface area contributed by atoms with Crippen LogP contribution in [0.5, 0.6) is 0 Å². The molecule has 0 N–H and O–H groups in total. The average Bonchev–Trinajstić information content (AvgIpc) is 3.12. The molecule has 0 aliphatic carbocycles. The highest BCUT2D eigenvalue weighted by Gasteiger charge is 2.09. The predicted octanol–water partition coefficient (Wildman–Crippen LogP) is 2.82. The molecule has 4 rings (SSSR count). The quantitative estimate of drug-likeness (QED) is 0.550. The number of benzene rings is 1. The third-order valence-corrected chi connectivity index (χ3v) is 4.48. The summed E-state index contributed by atoms with van der Waals surface area (Å²) in [6.07, 6.45) is 5.65. The number of para-hydroxylation sites is 1. The van der Waals surface area contributed by atoms with E-state index in [-0.39, 0.29) is 5.56 Å². The van der Waals surface area contributed by atoms with Gasteiger partial charge in [-0.3, -0.25) is 14.1 Å². The summed E-state index contributed by atoms with van der Waals surface area (Å²) in [5, 5.41) is 4.43. The van der Waals surface area contributed by atoms with E-state index in [1.165, 1.54) is 0 Å². The van der Waals surface area contributed by atoms with Gasteiger partial charge >= 0.3 is 0 Å². The van der Waals surface area contributed by atoms with Crippen molar-refractivity contribution in [3.05, 3.63) is 94.3 Å². The fourth-order valence-electron chi connectivity index (χ4n) is 3.20. The van der Waals surface area contributed by atoms with Crippen molar-refractivity contribution >= 4 is 5.65 Å². The summed E-state index contributed by atoms with van der Waals surface area (Å²) in [6, 6.07) is 15.5. The lowest BCUT2D eigenvalue weighted by Crippen LogP contribution is -2.22. The van der Waals surface area contributed by atoms with Gasteiger partial charge in [0.1, 0.15) is 5.65 Å². The van der Waals surface area contributed by atoms with Gasteiger partial charge in [-0.1, -0.05) is 24.3 Å². The van der Waals surface area contributed by atoms with E-state index < -0.39 is 0 Å². The molecular formula is C21H21N5O. The van der Waals surface area contributed by atoms with Crippen molar-refractivity contribution in [2.24, 2.45) is 0 Å². The van der Waals surface area contributed by atoms with E-state index in [0.717, 1.165) is 29.1 Å². The molecule has 3 aromatic heterocycles. The molecule has 0 saturated heterocycles. The van der Waals surface area contributed by atoms with Crippen LogP contribution in [0.2, 0.25) is 0 Å². The SMILES string of the molecule is Cc1cccn2c(=O)cc(CN(C)Cc3cnn(-c4ccccc4)c3)nc12. The van der Waals surface area contributed by atoms with Crippen molar-refractivity contribution in [3.63, 3.8) is 0 Å². The van der Waals surface area contributed by atoms with Gasteiger partial charge in [0, 0.05) is 37.1 Å². The summed E-state index contributed by atoms with van der Waals surface area (Å²) in [6.45, 7) is 3.28. The third kappa shape index (κ3) is 3.66. The molecule has 0 saturated carbocycles. The molecule has 0 radical (unpaired) electrons. The molecule has 0 spiro atoms. The van der Waals surface area contributed by atoms with Crippen LogP contribution in [-0.4, -0.2) is 31.1 Å². The van der Waals surface area contributed by atoms with Gasteiger partial charge in [-0.15, -0.1) is 0 Å². The maximum Gasteiger partial charge on any atom is 0.258 e. The van der Waals surface area contributed by atoms with Gasteiger partial charge in [-0.2, -0.15) is 5.10 Å². The highest BCUT2D eigenvalue weighted by atomic mass is 16.1. The average molecular weight is 359 g/mol. The second-order valence-corrected chi connectivity index (χ2v) is 6.77. The topological polar surface area (TPSA) is 55.4 Å². The standard InChI is InChI=1S/C21H21N5O/c1-16-7-6-10-25-20(27)11-18(23-21(16)25)15-24(2)13-17-12-22-26(14-17)19-8-4-3-5-9-19/h3-12,14H,13,15H2,1-2H3. The summed E-state index contributed by atoms with van der Waals surface area (Å²) in [4.78, 5) is 19.1. The Balaban J connectivity index is 1.51. The maximum absolute atomic E-state index is 12.3. The van der Waals surface area contributed by atoms with Crippen molar-refractivity contribution in [1.82, 2.24) is 24.1 Å². The number of aryl methyl sites for hydroxylation is 1. The van der Waals surface area contributed by atoms with Gasteiger partial charge in [-0.25, -0.2) is 9.67 Å². The van der Waals surface area contributed by atoms with Crippen molar-refractivity contribution in [2.75, 3.05) is 7.05 Å². The van der Waals surface area contributed by atoms with E-state index >= 15 is 0 Å². The third-order valence-electron chi connectivity index (χ3n) is 4.48. The zero-order valence-electron chi connectivity index (χ0n) is 15.4. The largest absolute Gasteiger partial charge is 0.296 e. The summed E-state index contributed by atoms with van der Waals surface area (Å²) in [7, 11) is 2.02. The molecule has 6 nitrogen and oxygen atoms in total. The molecule has 6 heteroatoms. The Kier molecular flexibility index (Phi) is 4.56. The van der Waals surface area contributed by atoms with Crippen LogP contribution in [0.15, 0.2) is 71.9 Å². The van der Waals surface area contributed by atoms with Crippen molar-refractivity contribution in [2.45, 2.75) is 20.0 Å². The molecule has 0 unspecified atom stereocenters. The highest BCUT2D eigenvalue weighted by Crippen LogP contribution is 2.11. The van der Waals surface area contributed by atoms with E-state index in [0.29, 0.717) is 12.2 Å². The molecule has 0 amide bonds. The van der Waals surface area contributed by atoms with Crippen LogP contribution >= 0.6 is 0 Å². The minimum Gasteiger partial charge on any atom is -0.296 e. The maximum atomic E-state index is 12.3. The van der Waals surface area contributed by atoms with Gasteiger partial charge in [0.05, 0.1) is 17.6 Å². The van der Waals surface area contributed by atoms with Gasteiger partial charge < -0.3 is 0 Å². The molecule has 0 atom stereocenters. The molecule has 3 heterocycles. The fourth-order valence-corrected chi connectivity index (χ4v) is 3.20. The molecule has 0 aliphatic rings. The van der Waals surface area contributed by atoms with Crippen molar-refractivity contribution in [1.29, 1.82) is 0 Å². The van der Waals surface area contributed by atoms with Crippen LogP contribution < -0.4 is 5.56 Å². The molecule has 0 fully saturated rings. The first-order chi connectivity index (χ1) is 13.1. The summed E-state index contributed by atoms with van der Waals surface area (Å²) >= 11 is 0. The second kappa shape index (κ2) is 7.17. The zero-order valence-corrected chi connectivity index (χ0v) is 15.4. The van der Waals surface area contributed by atoms with Gasteiger partial charge in [0.25, 0.3) is 5.56 Å². The first-order valence-electron chi connectivity index (χ1n) is 8.85. The summed E-state index contributed by atoms with van der Waals surface area (Å²) < 4.78 is 3.45.